The average Bonchev–Trinajstić information content (AvgIpc) is 3.21. The highest BCUT2D eigenvalue weighted by molar-refractivity contribution is 5.82. The molecular weight excluding hydrogens is 408 g/mol. The molecule has 0 spiro atoms. The third kappa shape index (κ3) is 4.64. The summed E-state index contributed by atoms with van der Waals surface area (Å²) in [4.78, 5) is 8.94. The van der Waals surface area contributed by atoms with Crippen molar-refractivity contribution in [2.24, 2.45) is 10.2 Å². The molecular formula is C21H23F2N5O3. The molecule has 1 aliphatic rings. The molecule has 1 N–H and O–H groups in total. The summed E-state index contributed by atoms with van der Waals surface area (Å²) in [7, 11) is 1.48. The highest BCUT2D eigenvalue weighted by Crippen LogP contribution is 2.35. The number of rotatable bonds is 8. The molecule has 1 fully saturated rings. The van der Waals surface area contributed by atoms with Crippen molar-refractivity contribution in [2.45, 2.75) is 6.54 Å². The summed E-state index contributed by atoms with van der Waals surface area (Å²) < 4.78 is 45.5. The van der Waals surface area contributed by atoms with Crippen LogP contribution in [0.4, 0.5) is 20.4 Å². The van der Waals surface area contributed by atoms with E-state index in [1.54, 1.807) is 4.90 Å². The van der Waals surface area contributed by atoms with Crippen LogP contribution in [-0.2, 0) is 16.0 Å². The predicted octanol–water partition coefficient (Wildman–Crippen LogP) is 3.99. The quantitative estimate of drug-likeness (QED) is 0.431. The molecule has 1 saturated heterocycles. The molecule has 0 amide bonds. The van der Waals surface area contributed by atoms with Gasteiger partial charge in [0, 0.05) is 42.9 Å². The van der Waals surface area contributed by atoms with Gasteiger partial charge in [-0.1, -0.05) is 18.2 Å². The van der Waals surface area contributed by atoms with Gasteiger partial charge in [-0.05, 0) is 6.07 Å². The van der Waals surface area contributed by atoms with Gasteiger partial charge in [0.25, 0.3) is 0 Å². The number of pyridine rings is 1. The minimum absolute atomic E-state index is 0.0111. The predicted molar refractivity (Wildman–Crippen MR) is 111 cm³/mol. The van der Waals surface area contributed by atoms with Crippen LogP contribution in [0, 0.1) is 11.6 Å². The van der Waals surface area contributed by atoms with Crippen molar-refractivity contribution in [3.05, 3.63) is 47.7 Å². The number of hydrogen-bond donors (Lipinski definition) is 1. The SMILES string of the molecule is COCCOc1c(F)c(N=NCc2c[nH]c3ccccc23)nc(N2CCOCC2)c1F. The second kappa shape index (κ2) is 9.80. The van der Waals surface area contributed by atoms with Crippen LogP contribution in [0.2, 0.25) is 0 Å². The summed E-state index contributed by atoms with van der Waals surface area (Å²) in [5.74, 6) is -2.75. The summed E-state index contributed by atoms with van der Waals surface area (Å²) in [5.41, 5.74) is 1.88. The van der Waals surface area contributed by atoms with E-state index in [0.29, 0.717) is 26.3 Å². The van der Waals surface area contributed by atoms with Crippen LogP contribution >= 0.6 is 0 Å². The monoisotopic (exact) mass is 431 g/mol. The number of hydrogen-bond acceptors (Lipinski definition) is 7. The molecule has 0 radical (unpaired) electrons. The Labute approximate surface area is 177 Å². The molecule has 164 valence electrons. The number of para-hydroxylation sites is 1. The Morgan fingerprint density at radius 2 is 1.97 bits per heavy atom. The van der Waals surface area contributed by atoms with E-state index >= 15 is 4.39 Å². The molecule has 0 unspecified atom stereocenters. The van der Waals surface area contributed by atoms with E-state index in [-0.39, 0.29) is 31.4 Å². The molecule has 8 nitrogen and oxygen atoms in total. The van der Waals surface area contributed by atoms with E-state index in [4.69, 9.17) is 14.2 Å². The summed E-state index contributed by atoms with van der Waals surface area (Å²) in [6.07, 6.45) is 1.83. The molecule has 0 atom stereocenters. The van der Waals surface area contributed by atoms with Crippen molar-refractivity contribution in [2.75, 3.05) is 51.5 Å². The molecule has 3 heterocycles. The maximum absolute atomic E-state index is 15.0. The van der Waals surface area contributed by atoms with Crippen molar-refractivity contribution in [3.63, 3.8) is 0 Å². The Balaban J connectivity index is 1.63. The number of nitrogens with zero attached hydrogens (tertiary/aromatic N) is 4. The van der Waals surface area contributed by atoms with Gasteiger partial charge in [-0.15, -0.1) is 5.11 Å². The summed E-state index contributed by atoms with van der Waals surface area (Å²) >= 11 is 0. The normalized spacial score (nSPS) is 14.6. The smallest absolute Gasteiger partial charge is 0.216 e. The standard InChI is InChI=1S/C21H23F2N5O3/c1-29-10-11-31-19-17(22)20(26-21(18(19)23)28-6-8-30-9-7-28)27-25-13-14-12-24-16-5-3-2-4-15(14)16/h2-5,12,24H,6-11,13H2,1H3. The maximum atomic E-state index is 15.0. The van der Waals surface area contributed by atoms with Gasteiger partial charge in [-0.25, -0.2) is 4.98 Å². The number of azo groups is 1. The van der Waals surface area contributed by atoms with Crippen molar-refractivity contribution in [1.82, 2.24) is 9.97 Å². The van der Waals surface area contributed by atoms with Gasteiger partial charge in [0.15, 0.2) is 11.6 Å². The molecule has 0 bridgehead atoms. The first-order valence-electron chi connectivity index (χ1n) is 9.95. The number of nitrogens with one attached hydrogen (secondary N) is 1. The Kier molecular flexibility index (Phi) is 6.68. The number of ether oxygens (including phenoxy) is 3. The second-order valence-corrected chi connectivity index (χ2v) is 6.92. The van der Waals surface area contributed by atoms with Gasteiger partial charge < -0.3 is 24.1 Å². The zero-order valence-electron chi connectivity index (χ0n) is 17.1. The van der Waals surface area contributed by atoms with Gasteiger partial charge in [-0.3, -0.25) is 0 Å². The third-order valence-corrected chi connectivity index (χ3v) is 4.93. The van der Waals surface area contributed by atoms with Gasteiger partial charge in [-0.2, -0.15) is 13.9 Å². The van der Waals surface area contributed by atoms with Crippen molar-refractivity contribution in [3.8, 4) is 5.75 Å². The van der Waals surface area contributed by atoms with Crippen LogP contribution in [0.3, 0.4) is 0 Å². The summed E-state index contributed by atoms with van der Waals surface area (Å²) in [5, 5.41) is 9.07. The van der Waals surface area contributed by atoms with Crippen molar-refractivity contribution in [1.29, 1.82) is 0 Å². The average molecular weight is 431 g/mol. The number of H-pyrrole nitrogens is 1. The summed E-state index contributed by atoms with van der Waals surface area (Å²) in [6, 6.07) is 7.78. The zero-order valence-corrected chi connectivity index (χ0v) is 17.1. The number of benzene rings is 1. The number of fused-ring (bicyclic) bond motifs is 1. The number of aromatic amines is 1. The highest BCUT2D eigenvalue weighted by Gasteiger charge is 2.26. The van der Waals surface area contributed by atoms with Crippen LogP contribution < -0.4 is 9.64 Å². The number of morpholine rings is 1. The first-order chi connectivity index (χ1) is 15.2. The molecule has 1 aromatic carbocycles. The van der Waals surface area contributed by atoms with Crippen LogP contribution in [0.1, 0.15) is 5.56 Å². The molecule has 0 aliphatic carbocycles. The van der Waals surface area contributed by atoms with Crippen molar-refractivity contribution < 1.29 is 23.0 Å². The Bertz CT molecular complexity index is 1070. The molecule has 4 rings (SSSR count). The molecule has 10 heteroatoms. The Hall–Kier alpha value is -3.11. The van der Waals surface area contributed by atoms with E-state index in [1.165, 1.54) is 7.11 Å². The Morgan fingerprint density at radius 1 is 1.16 bits per heavy atom. The van der Waals surface area contributed by atoms with Gasteiger partial charge in [0.05, 0.1) is 26.4 Å². The number of methoxy groups -OCH3 is 1. The minimum Gasteiger partial charge on any atom is -0.485 e. The number of anilines is 1. The minimum atomic E-state index is -0.992. The van der Waals surface area contributed by atoms with E-state index in [9.17, 15) is 4.39 Å². The largest absolute Gasteiger partial charge is 0.485 e. The topological polar surface area (TPSA) is 84.3 Å². The molecule has 3 aromatic rings. The van der Waals surface area contributed by atoms with Crippen LogP contribution in [0.5, 0.6) is 5.75 Å². The third-order valence-electron chi connectivity index (χ3n) is 4.93. The van der Waals surface area contributed by atoms with E-state index in [2.05, 4.69) is 20.2 Å². The molecule has 1 aliphatic heterocycles. The van der Waals surface area contributed by atoms with E-state index < -0.39 is 17.4 Å². The lowest BCUT2D eigenvalue weighted by molar-refractivity contribution is 0.121. The fourth-order valence-corrected chi connectivity index (χ4v) is 3.34. The van der Waals surface area contributed by atoms with Crippen LogP contribution in [0.25, 0.3) is 10.9 Å². The van der Waals surface area contributed by atoms with Gasteiger partial charge >= 0.3 is 0 Å². The summed E-state index contributed by atoms with van der Waals surface area (Å²) in [6.45, 7) is 2.10. The van der Waals surface area contributed by atoms with Gasteiger partial charge in [0.1, 0.15) is 6.61 Å². The first-order valence-corrected chi connectivity index (χ1v) is 9.95. The van der Waals surface area contributed by atoms with E-state index in [0.717, 1.165) is 16.5 Å². The molecule has 0 saturated carbocycles. The number of aromatic nitrogens is 2. The first kappa shape index (κ1) is 21.1. The second-order valence-electron chi connectivity index (χ2n) is 6.92. The van der Waals surface area contributed by atoms with E-state index in [1.807, 2.05) is 30.5 Å². The fraction of sp³-hybridized carbons (Fsp3) is 0.381. The van der Waals surface area contributed by atoms with Crippen LogP contribution in [-0.4, -0.2) is 56.6 Å². The van der Waals surface area contributed by atoms with Gasteiger partial charge in [0.2, 0.25) is 17.5 Å². The molecule has 31 heavy (non-hydrogen) atoms. The van der Waals surface area contributed by atoms with Crippen molar-refractivity contribution >= 4 is 22.5 Å². The lowest BCUT2D eigenvalue weighted by Crippen LogP contribution is -2.37. The fourth-order valence-electron chi connectivity index (χ4n) is 3.34. The Morgan fingerprint density at radius 3 is 2.77 bits per heavy atom. The number of halogens is 2. The lowest BCUT2D eigenvalue weighted by Gasteiger charge is -2.28. The molecule has 2 aromatic heterocycles. The lowest BCUT2D eigenvalue weighted by atomic mass is 10.2. The zero-order chi connectivity index (χ0) is 21.6. The highest BCUT2D eigenvalue weighted by atomic mass is 19.1. The van der Waals surface area contributed by atoms with Crippen LogP contribution in [0.15, 0.2) is 40.7 Å². The maximum Gasteiger partial charge on any atom is 0.216 e.